The van der Waals surface area contributed by atoms with Crippen LogP contribution in [0.4, 0.5) is 8.78 Å². The number of likely N-dealkylation sites (tertiary alicyclic amines) is 1. The Balaban J connectivity index is 1.82. The van der Waals surface area contributed by atoms with E-state index in [2.05, 4.69) is 26.9 Å². The maximum Gasteiger partial charge on any atom is 0.387 e. The lowest BCUT2D eigenvalue weighted by atomic mass is 10.1. The zero-order valence-electron chi connectivity index (χ0n) is 15.4. The Bertz CT molecular complexity index is 599. The molecular weight excluding hydrogens is 342 g/mol. The molecule has 0 aliphatic carbocycles. The van der Waals surface area contributed by atoms with Crippen LogP contribution in [0.25, 0.3) is 0 Å². The normalized spacial score (nSPS) is 18.3. The number of ether oxygens (including phenoxy) is 2. The zero-order valence-corrected chi connectivity index (χ0v) is 15.4. The molecule has 0 radical (unpaired) electrons. The van der Waals surface area contributed by atoms with Crippen molar-refractivity contribution in [3.8, 4) is 11.5 Å². The molecule has 0 amide bonds. The fraction of sp³-hybridized carbons (Fsp3) is 0.611. The van der Waals surface area contributed by atoms with Crippen LogP contribution in [-0.2, 0) is 6.42 Å². The van der Waals surface area contributed by atoms with E-state index in [9.17, 15) is 8.78 Å². The van der Waals surface area contributed by atoms with Crippen LogP contribution in [0.1, 0.15) is 25.3 Å². The lowest BCUT2D eigenvalue weighted by Crippen LogP contribution is -2.36. The van der Waals surface area contributed by atoms with Gasteiger partial charge < -0.3 is 20.5 Å². The highest BCUT2D eigenvalue weighted by Crippen LogP contribution is 2.29. The van der Waals surface area contributed by atoms with Crippen molar-refractivity contribution in [2.45, 2.75) is 38.8 Å². The van der Waals surface area contributed by atoms with Crippen molar-refractivity contribution in [1.29, 1.82) is 0 Å². The number of benzene rings is 1. The van der Waals surface area contributed by atoms with Crippen LogP contribution >= 0.6 is 0 Å². The molecule has 26 heavy (non-hydrogen) atoms. The fourth-order valence-electron chi connectivity index (χ4n) is 3.18. The van der Waals surface area contributed by atoms with Crippen LogP contribution in [0.2, 0.25) is 0 Å². The smallest absolute Gasteiger partial charge is 0.387 e. The third-order valence-corrected chi connectivity index (χ3v) is 4.54. The predicted molar refractivity (Wildman–Crippen MR) is 98.1 cm³/mol. The van der Waals surface area contributed by atoms with Gasteiger partial charge in [0.05, 0.1) is 13.7 Å². The average molecular weight is 370 g/mol. The van der Waals surface area contributed by atoms with Crippen LogP contribution < -0.4 is 20.5 Å². The Kier molecular flexibility index (Phi) is 7.90. The molecule has 3 N–H and O–H groups in total. The Morgan fingerprint density at radius 1 is 1.42 bits per heavy atom. The summed E-state index contributed by atoms with van der Waals surface area (Å²) in [7, 11) is 1.41. The third kappa shape index (κ3) is 6.01. The number of guanidine groups is 1. The summed E-state index contributed by atoms with van der Waals surface area (Å²) in [5.41, 5.74) is 6.76. The zero-order chi connectivity index (χ0) is 18.9. The van der Waals surface area contributed by atoms with Gasteiger partial charge in [0.2, 0.25) is 0 Å². The quantitative estimate of drug-likeness (QED) is 0.515. The van der Waals surface area contributed by atoms with E-state index in [1.807, 2.05) is 6.07 Å². The monoisotopic (exact) mass is 370 g/mol. The van der Waals surface area contributed by atoms with Crippen LogP contribution in [0, 0.1) is 0 Å². The highest BCUT2D eigenvalue weighted by atomic mass is 19.3. The number of hydrogen-bond donors (Lipinski definition) is 2. The van der Waals surface area contributed by atoms with E-state index in [-0.39, 0.29) is 11.5 Å². The summed E-state index contributed by atoms with van der Waals surface area (Å²) in [5.74, 6) is 0.716. The van der Waals surface area contributed by atoms with E-state index in [1.165, 1.54) is 13.5 Å². The Hall–Kier alpha value is -2.09. The highest BCUT2D eigenvalue weighted by Gasteiger charge is 2.22. The molecule has 2 rings (SSSR count). The standard InChI is InChI=1S/C18H28F2N4O2/c1-3-24-10-4-5-14(24)12-23-18(21)22-9-8-13-6-7-15(25-2)16(11-13)26-17(19)20/h6-7,11,14,17H,3-5,8-10,12H2,1-2H3,(H3,21,22,23). The van der Waals surface area contributed by atoms with Gasteiger partial charge in [-0.1, -0.05) is 13.0 Å². The lowest BCUT2D eigenvalue weighted by molar-refractivity contribution is -0.0512. The maximum atomic E-state index is 12.5. The van der Waals surface area contributed by atoms with Gasteiger partial charge >= 0.3 is 6.61 Å². The van der Waals surface area contributed by atoms with Crippen LogP contribution in [0.15, 0.2) is 23.2 Å². The van der Waals surface area contributed by atoms with E-state index in [0.717, 1.165) is 25.1 Å². The average Bonchev–Trinajstić information content (AvgIpc) is 3.07. The molecule has 0 aromatic heterocycles. The Labute approximate surface area is 153 Å². The maximum absolute atomic E-state index is 12.5. The fourth-order valence-corrected chi connectivity index (χ4v) is 3.18. The number of rotatable bonds is 9. The number of nitrogens with two attached hydrogens (primary N) is 1. The van der Waals surface area contributed by atoms with Crippen LogP contribution in [0.5, 0.6) is 11.5 Å². The second-order valence-corrected chi connectivity index (χ2v) is 6.19. The van der Waals surface area contributed by atoms with Gasteiger partial charge in [-0.15, -0.1) is 0 Å². The number of halogens is 2. The predicted octanol–water partition coefficient (Wildman–Crippen LogP) is 2.23. The molecule has 1 fully saturated rings. The SMILES string of the molecule is CCN1CCCC1CN=C(N)NCCc1ccc(OC)c(OC(F)F)c1. The molecule has 6 nitrogen and oxygen atoms in total. The minimum absolute atomic E-state index is 0.0301. The van der Waals surface area contributed by atoms with E-state index in [4.69, 9.17) is 10.5 Å². The molecule has 8 heteroatoms. The van der Waals surface area contributed by atoms with Gasteiger partial charge in [-0.2, -0.15) is 8.78 Å². The minimum Gasteiger partial charge on any atom is -0.493 e. The summed E-state index contributed by atoms with van der Waals surface area (Å²) >= 11 is 0. The first-order valence-corrected chi connectivity index (χ1v) is 8.93. The molecule has 0 spiro atoms. The van der Waals surface area contributed by atoms with Gasteiger partial charge in [-0.3, -0.25) is 9.89 Å². The number of hydrogen-bond acceptors (Lipinski definition) is 4. The molecule has 0 saturated carbocycles. The number of nitrogens with zero attached hydrogens (tertiary/aromatic N) is 2. The molecular formula is C18H28F2N4O2. The molecule has 0 bridgehead atoms. The number of methoxy groups -OCH3 is 1. The molecule has 1 aromatic carbocycles. The van der Waals surface area contributed by atoms with Gasteiger partial charge in [-0.05, 0) is 50.0 Å². The molecule has 1 aromatic rings. The van der Waals surface area contributed by atoms with Crippen LogP contribution in [-0.4, -0.2) is 56.8 Å². The molecule has 1 aliphatic rings. The molecule has 1 heterocycles. The first kappa shape index (κ1) is 20.2. The molecule has 146 valence electrons. The van der Waals surface area contributed by atoms with Gasteiger partial charge in [0, 0.05) is 12.6 Å². The minimum atomic E-state index is -2.89. The number of likely N-dealkylation sites (N-methyl/N-ethyl adjacent to an activating group) is 1. The Morgan fingerprint density at radius 3 is 2.92 bits per heavy atom. The van der Waals surface area contributed by atoms with E-state index in [1.54, 1.807) is 12.1 Å². The highest BCUT2D eigenvalue weighted by molar-refractivity contribution is 5.77. The van der Waals surface area contributed by atoms with E-state index in [0.29, 0.717) is 31.5 Å². The summed E-state index contributed by atoms with van der Waals surface area (Å²) in [4.78, 5) is 6.83. The van der Waals surface area contributed by atoms with Crippen molar-refractivity contribution in [1.82, 2.24) is 10.2 Å². The number of alkyl halides is 2. The van der Waals surface area contributed by atoms with E-state index >= 15 is 0 Å². The van der Waals surface area contributed by atoms with Gasteiger partial charge in [0.1, 0.15) is 0 Å². The van der Waals surface area contributed by atoms with E-state index < -0.39 is 6.61 Å². The molecule has 1 saturated heterocycles. The van der Waals surface area contributed by atoms with Gasteiger partial charge in [0.15, 0.2) is 17.5 Å². The number of aliphatic imine (C=N–C) groups is 1. The van der Waals surface area contributed by atoms with Crippen molar-refractivity contribution in [3.05, 3.63) is 23.8 Å². The summed E-state index contributed by atoms with van der Waals surface area (Å²) < 4.78 is 34.4. The van der Waals surface area contributed by atoms with Gasteiger partial charge in [-0.25, -0.2) is 0 Å². The summed E-state index contributed by atoms with van der Waals surface area (Å²) in [5, 5.41) is 3.07. The first-order chi connectivity index (χ1) is 12.5. The second kappa shape index (κ2) is 10.2. The van der Waals surface area contributed by atoms with Crippen LogP contribution in [0.3, 0.4) is 0 Å². The summed E-state index contributed by atoms with van der Waals surface area (Å²) in [6.45, 7) is 2.68. The second-order valence-electron chi connectivity index (χ2n) is 6.19. The molecule has 1 unspecified atom stereocenters. The third-order valence-electron chi connectivity index (χ3n) is 4.54. The van der Waals surface area contributed by atoms with Crippen molar-refractivity contribution in [2.24, 2.45) is 10.7 Å². The summed E-state index contributed by atoms with van der Waals surface area (Å²) in [6.07, 6.45) is 2.97. The van der Waals surface area contributed by atoms with Crippen molar-refractivity contribution < 1.29 is 18.3 Å². The van der Waals surface area contributed by atoms with Crippen molar-refractivity contribution >= 4 is 5.96 Å². The lowest BCUT2D eigenvalue weighted by Gasteiger charge is -2.21. The molecule has 1 aliphatic heterocycles. The Morgan fingerprint density at radius 2 is 2.23 bits per heavy atom. The van der Waals surface area contributed by atoms with Crippen molar-refractivity contribution in [2.75, 3.05) is 33.3 Å². The van der Waals surface area contributed by atoms with Gasteiger partial charge in [0.25, 0.3) is 0 Å². The molecule has 1 atom stereocenters. The first-order valence-electron chi connectivity index (χ1n) is 8.93. The topological polar surface area (TPSA) is 72.1 Å². The summed E-state index contributed by atoms with van der Waals surface area (Å²) in [6, 6.07) is 5.45. The largest absolute Gasteiger partial charge is 0.493 e. The number of nitrogens with one attached hydrogen (secondary N) is 1. The van der Waals surface area contributed by atoms with Crippen molar-refractivity contribution in [3.63, 3.8) is 0 Å².